The monoisotopic (exact) mass is 832 g/mol. The van der Waals surface area contributed by atoms with Gasteiger partial charge in [0.05, 0.1) is 17.3 Å². The Balaban J connectivity index is 0.847. The highest BCUT2D eigenvalue weighted by Gasteiger charge is 2.64. The largest absolute Gasteiger partial charge is 0.451 e. The summed E-state index contributed by atoms with van der Waals surface area (Å²) in [5, 5.41) is 13.3. The van der Waals surface area contributed by atoms with Gasteiger partial charge in [-0.05, 0) is 66.4 Å². The van der Waals surface area contributed by atoms with E-state index in [1.54, 1.807) is 17.0 Å². The minimum atomic E-state index is -0.818. The molecule has 0 radical (unpaired) electrons. The number of nitrogens with one attached hydrogen (secondary N) is 2. The van der Waals surface area contributed by atoms with Crippen LogP contribution in [0, 0.1) is 0 Å². The Bertz CT molecular complexity index is 2990. The Kier molecular flexibility index (Phi) is 8.97. The standard InChI is InChI=1S/C51H40N6O4S/c1-51(2)46(50(60)61-45-37-22-11-9-19-34(37)35-20-10-12-23-38(35)45)56-48(59)43(49(56)62-51)53-47(58)32-25-27-33(28-26-32)57-44(31-17-7-4-8-18-31)42(54-55-57)41(30-15-5-3-6-16-30)39-29-52-40-24-14-13-21-36(39)40/h3-29,41,43,45-46,49,52H,1-2H3,(H,53,58). The lowest BCUT2D eigenvalue weighted by Crippen LogP contribution is -2.70. The summed E-state index contributed by atoms with van der Waals surface area (Å²) in [7, 11) is 0. The van der Waals surface area contributed by atoms with E-state index >= 15 is 0 Å². The second-order valence-electron chi connectivity index (χ2n) is 16.5. The second-order valence-corrected chi connectivity index (χ2v) is 18.3. The summed E-state index contributed by atoms with van der Waals surface area (Å²) in [5.74, 6) is -1.39. The summed E-state index contributed by atoms with van der Waals surface area (Å²) >= 11 is 1.50. The van der Waals surface area contributed by atoms with Gasteiger partial charge in [0.15, 0.2) is 6.10 Å². The van der Waals surface area contributed by atoms with Crippen LogP contribution in [0.1, 0.15) is 64.2 Å². The number of hydrogen-bond donors (Lipinski definition) is 2. The van der Waals surface area contributed by atoms with Gasteiger partial charge in [-0.15, -0.1) is 16.9 Å². The van der Waals surface area contributed by atoms with E-state index in [2.05, 4.69) is 52.9 Å². The highest BCUT2D eigenvalue weighted by molar-refractivity contribution is 8.01. The molecule has 6 aromatic carbocycles. The predicted octanol–water partition coefficient (Wildman–Crippen LogP) is 9.07. The Morgan fingerprint density at radius 1 is 0.774 bits per heavy atom. The molecule has 0 bridgehead atoms. The molecule has 11 heteroatoms. The van der Waals surface area contributed by atoms with Crippen molar-refractivity contribution >= 4 is 40.4 Å². The smallest absolute Gasteiger partial charge is 0.331 e. The van der Waals surface area contributed by atoms with Gasteiger partial charge in [0, 0.05) is 44.1 Å². The molecule has 304 valence electrons. The number of thioether (sulfide) groups is 1. The summed E-state index contributed by atoms with van der Waals surface area (Å²) in [4.78, 5) is 46.8. The van der Waals surface area contributed by atoms with Crippen molar-refractivity contribution in [2.24, 2.45) is 0 Å². The zero-order valence-corrected chi connectivity index (χ0v) is 34.6. The lowest BCUT2D eigenvalue weighted by molar-refractivity contribution is -0.165. The van der Waals surface area contributed by atoms with E-state index in [9.17, 15) is 14.4 Å². The van der Waals surface area contributed by atoms with Gasteiger partial charge in [0.2, 0.25) is 5.91 Å². The first-order valence-electron chi connectivity index (χ1n) is 20.7. The van der Waals surface area contributed by atoms with Crippen LogP contribution in [0.25, 0.3) is 39.0 Å². The number of carbonyl (C=O) groups excluding carboxylic acids is 3. The number of benzene rings is 6. The van der Waals surface area contributed by atoms with Gasteiger partial charge < -0.3 is 19.9 Å². The summed E-state index contributed by atoms with van der Waals surface area (Å²) in [6.07, 6.45) is 1.49. The molecular weight excluding hydrogens is 793 g/mol. The molecule has 2 N–H and O–H groups in total. The van der Waals surface area contributed by atoms with Crippen LogP contribution in [0.2, 0.25) is 0 Å². The number of nitrogens with zero attached hydrogens (tertiary/aromatic N) is 4. The maximum Gasteiger partial charge on any atom is 0.331 e. The van der Waals surface area contributed by atoms with Crippen LogP contribution in [0.5, 0.6) is 0 Å². The normalized spacial score (nSPS) is 19.0. The molecule has 8 aromatic rings. The lowest BCUT2D eigenvalue weighted by atomic mass is 9.86. The average molecular weight is 833 g/mol. The molecule has 62 heavy (non-hydrogen) atoms. The van der Waals surface area contributed by atoms with Crippen molar-refractivity contribution in [1.82, 2.24) is 30.2 Å². The summed E-state index contributed by atoms with van der Waals surface area (Å²) in [6, 6.07) is 50.1. The van der Waals surface area contributed by atoms with Crippen LogP contribution in [0.15, 0.2) is 164 Å². The van der Waals surface area contributed by atoms with Crippen LogP contribution in [0.4, 0.5) is 0 Å². The minimum Gasteiger partial charge on any atom is -0.451 e. The molecule has 4 atom stereocenters. The van der Waals surface area contributed by atoms with Gasteiger partial charge >= 0.3 is 5.97 Å². The van der Waals surface area contributed by atoms with E-state index in [4.69, 9.17) is 15.0 Å². The predicted molar refractivity (Wildman–Crippen MR) is 240 cm³/mol. The van der Waals surface area contributed by atoms with E-state index in [1.807, 2.05) is 128 Å². The Hall–Kier alpha value is -7.24. The number of ether oxygens (including phenoxy) is 1. The highest BCUT2D eigenvalue weighted by atomic mass is 32.2. The van der Waals surface area contributed by atoms with Gasteiger partial charge in [0.1, 0.15) is 23.2 Å². The number of esters is 1. The molecule has 0 spiro atoms. The van der Waals surface area contributed by atoms with Gasteiger partial charge in [-0.2, -0.15) is 0 Å². The summed E-state index contributed by atoms with van der Waals surface area (Å²) in [6.45, 7) is 3.90. The molecule has 3 aliphatic rings. The number of para-hydroxylation sites is 1. The van der Waals surface area contributed by atoms with Crippen LogP contribution in [-0.4, -0.2) is 64.9 Å². The third-order valence-corrected chi connectivity index (χ3v) is 14.0. The third-order valence-electron chi connectivity index (χ3n) is 12.4. The second kappa shape index (κ2) is 14.7. The van der Waals surface area contributed by atoms with Crippen LogP contribution in [0.3, 0.4) is 0 Å². The number of amides is 2. The minimum absolute atomic E-state index is 0.239. The summed E-state index contributed by atoms with van der Waals surface area (Å²) in [5.41, 5.74) is 10.8. The van der Waals surface area contributed by atoms with Crippen molar-refractivity contribution < 1.29 is 19.1 Å². The molecule has 2 saturated heterocycles. The zero-order chi connectivity index (χ0) is 42.1. The molecule has 1 aliphatic carbocycles. The first-order chi connectivity index (χ1) is 30.3. The fourth-order valence-electron chi connectivity index (χ4n) is 9.52. The van der Waals surface area contributed by atoms with Gasteiger partial charge in [0.25, 0.3) is 5.91 Å². The molecule has 4 unspecified atom stereocenters. The molecule has 11 rings (SSSR count). The fraction of sp³-hybridized carbons (Fsp3) is 0.157. The van der Waals surface area contributed by atoms with Crippen molar-refractivity contribution in [2.75, 3.05) is 0 Å². The molecule has 2 amide bonds. The Morgan fingerprint density at radius 3 is 2.11 bits per heavy atom. The number of fused-ring (bicyclic) bond motifs is 5. The topological polar surface area (TPSA) is 122 Å². The number of H-pyrrole nitrogens is 1. The number of aromatic amines is 1. The first kappa shape index (κ1) is 37.7. The van der Waals surface area contributed by atoms with Crippen molar-refractivity contribution in [3.8, 4) is 28.1 Å². The molecule has 2 fully saturated rings. The maximum absolute atomic E-state index is 14.1. The zero-order valence-electron chi connectivity index (χ0n) is 33.8. The van der Waals surface area contributed by atoms with Crippen molar-refractivity contribution in [3.63, 3.8) is 0 Å². The Morgan fingerprint density at radius 2 is 1.40 bits per heavy atom. The number of rotatable bonds is 9. The molecule has 2 aromatic heterocycles. The fourth-order valence-corrected chi connectivity index (χ4v) is 11.1. The molecule has 2 aliphatic heterocycles. The number of β-lactam (4-membered cyclic amide) rings is 1. The maximum atomic E-state index is 14.1. The lowest BCUT2D eigenvalue weighted by Gasteiger charge is -2.44. The van der Waals surface area contributed by atoms with E-state index in [0.717, 1.165) is 66.9 Å². The number of hydrogen-bond acceptors (Lipinski definition) is 7. The first-order valence-corrected chi connectivity index (χ1v) is 21.6. The number of aromatic nitrogens is 4. The van der Waals surface area contributed by atoms with Crippen LogP contribution >= 0.6 is 11.8 Å². The van der Waals surface area contributed by atoms with Gasteiger partial charge in [-0.25, -0.2) is 9.48 Å². The average Bonchev–Trinajstić information content (AvgIpc) is 4.07. The SMILES string of the molecule is CC1(C)SC2C(NC(=O)c3ccc(-n4nnc(C(c5ccccc5)c5c[nH]c6ccccc56)c4-c4ccccc4)cc3)C(=O)N2C1C(=O)OC1c2ccccc2-c2ccccc21. The Labute approximate surface area is 361 Å². The van der Waals surface area contributed by atoms with Crippen molar-refractivity contribution in [2.45, 2.75) is 48.1 Å². The van der Waals surface area contributed by atoms with Gasteiger partial charge in [-0.3, -0.25) is 9.59 Å². The quantitative estimate of drug-likeness (QED) is 0.110. The van der Waals surface area contributed by atoms with Crippen LogP contribution < -0.4 is 5.32 Å². The van der Waals surface area contributed by atoms with Crippen molar-refractivity contribution in [1.29, 1.82) is 0 Å². The van der Waals surface area contributed by atoms with E-state index in [1.165, 1.54) is 11.8 Å². The molecule has 0 saturated carbocycles. The van der Waals surface area contributed by atoms with E-state index in [-0.39, 0.29) is 17.7 Å². The summed E-state index contributed by atoms with van der Waals surface area (Å²) < 4.78 is 7.45. The van der Waals surface area contributed by atoms with E-state index in [0.29, 0.717) is 5.56 Å². The molecule has 4 heterocycles. The molecular formula is C51H40N6O4S. The van der Waals surface area contributed by atoms with Crippen LogP contribution in [-0.2, 0) is 14.3 Å². The number of carbonyl (C=O) groups is 3. The van der Waals surface area contributed by atoms with Crippen molar-refractivity contribution in [3.05, 3.63) is 197 Å². The van der Waals surface area contributed by atoms with E-state index < -0.39 is 34.3 Å². The molecule has 10 nitrogen and oxygen atoms in total. The van der Waals surface area contributed by atoms with Gasteiger partial charge in [-0.1, -0.05) is 133 Å². The highest BCUT2D eigenvalue weighted by Crippen LogP contribution is 2.53. The third kappa shape index (κ3) is 6.06.